The lowest BCUT2D eigenvalue weighted by Gasteiger charge is -2.13. The summed E-state index contributed by atoms with van der Waals surface area (Å²) in [6.45, 7) is -0.270. The van der Waals surface area contributed by atoms with Crippen LogP contribution >= 0.6 is 11.6 Å². The van der Waals surface area contributed by atoms with Gasteiger partial charge in [0.05, 0.1) is 22.9 Å². The van der Waals surface area contributed by atoms with Crippen LogP contribution in [-0.4, -0.2) is 10.1 Å². The second-order valence-electron chi connectivity index (χ2n) is 3.88. The molecule has 0 aliphatic carbocycles. The third-order valence-electron chi connectivity index (χ3n) is 2.57. The number of aromatic nitrogens is 1. The van der Waals surface area contributed by atoms with Crippen molar-refractivity contribution >= 4 is 11.6 Å². The maximum atomic E-state index is 12.9. The number of hydrogen-bond acceptors (Lipinski definition) is 2. The van der Waals surface area contributed by atoms with Gasteiger partial charge in [-0.2, -0.15) is 13.2 Å². The van der Waals surface area contributed by atoms with Gasteiger partial charge in [-0.25, -0.2) is 0 Å². The molecule has 0 bridgehead atoms. The number of alkyl halides is 3. The van der Waals surface area contributed by atoms with Crippen molar-refractivity contribution in [3.8, 4) is 11.3 Å². The van der Waals surface area contributed by atoms with Gasteiger partial charge in [-0.05, 0) is 17.7 Å². The Morgan fingerprint density at radius 3 is 2.47 bits per heavy atom. The van der Waals surface area contributed by atoms with Gasteiger partial charge >= 0.3 is 6.18 Å². The van der Waals surface area contributed by atoms with Gasteiger partial charge < -0.3 is 5.11 Å². The van der Waals surface area contributed by atoms with Crippen molar-refractivity contribution in [1.29, 1.82) is 0 Å². The molecule has 0 aliphatic rings. The molecule has 0 fully saturated rings. The van der Waals surface area contributed by atoms with Crippen LogP contribution < -0.4 is 0 Å². The summed E-state index contributed by atoms with van der Waals surface area (Å²) in [5.41, 5.74) is -0.379. The third kappa shape index (κ3) is 2.88. The van der Waals surface area contributed by atoms with E-state index in [4.69, 9.17) is 16.7 Å². The molecule has 0 atom stereocenters. The third-order valence-corrected chi connectivity index (χ3v) is 2.86. The van der Waals surface area contributed by atoms with Gasteiger partial charge in [-0.15, -0.1) is 0 Å². The fourth-order valence-electron chi connectivity index (χ4n) is 1.70. The van der Waals surface area contributed by atoms with E-state index in [2.05, 4.69) is 4.98 Å². The lowest BCUT2D eigenvalue weighted by Crippen LogP contribution is -2.07. The molecular weight excluding hydrogens is 279 g/mol. The molecule has 0 radical (unpaired) electrons. The van der Waals surface area contributed by atoms with Crippen molar-refractivity contribution in [2.75, 3.05) is 0 Å². The summed E-state index contributed by atoms with van der Waals surface area (Å²) in [6.07, 6.45) is -3.17. The Morgan fingerprint density at radius 1 is 1.21 bits per heavy atom. The van der Waals surface area contributed by atoms with Gasteiger partial charge in [0.15, 0.2) is 0 Å². The first-order valence-corrected chi connectivity index (χ1v) is 5.73. The molecule has 2 rings (SSSR count). The van der Waals surface area contributed by atoms with E-state index >= 15 is 0 Å². The van der Waals surface area contributed by atoms with Crippen LogP contribution in [0.5, 0.6) is 0 Å². The predicted molar refractivity (Wildman–Crippen MR) is 65.6 cm³/mol. The SMILES string of the molecule is OCc1cnc(-c2ccccc2C(F)(F)F)c(Cl)c1. The van der Waals surface area contributed by atoms with E-state index in [1.54, 1.807) is 0 Å². The number of benzene rings is 1. The molecule has 0 spiro atoms. The summed E-state index contributed by atoms with van der Waals surface area (Å²) in [6, 6.07) is 6.49. The minimum Gasteiger partial charge on any atom is -0.392 e. The van der Waals surface area contributed by atoms with Crippen molar-refractivity contribution in [2.45, 2.75) is 12.8 Å². The quantitative estimate of drug-likeness (QED) is 0.908. The molecule has 0 aliphatic heterocycles. The number of rotatable bonds is 2. The molecule has 1 aromatic carbocycles. The van der Waals surface area contributed by atoms with E-state index in [-0.39, 0.29) is 22.9 Å². The summed E-state index contributed by atoms with van der Waals surface area (Å²) in [7, 11) is 0. The van der Waals surface area contributed by atoms with Gasteiger partial charge in [-0.1, -0.05) is 29.8 Å². The zero-order chi connectivity index (χ0) is 14.0. The number of pyridine rings is 1. The largest absolute Gasteiger partial charge is 0.417 e. The van der Waals surface area contributed by atoms with E-state index in [9.17, 15) is 13.2 Å². The average Bonchev–Trinajstić information content (AvgIpc) is 2.37. The fraction of sp³-hybridized carbons (Fsp3) is 0.154. The Kier molecular flexibility index (Phi) is 3.78. The molecule has 100 valence electrons. The van der Waals surface area contributed by atoms with Crippen LogP contribution in [0.4, 0.5) is 13.2 Å². The van der Waals surface area contributed by atoms with Gasteiger partial charge in [0.1, 0.15) is 0 Å². The lowest BCUT2D eigenvalue weighted by molar-refractivity contribution is -0.137. The Labute approximate surface area is 112 Å². The Balaban J connectivity index is 2.60. The van der Waals surface area contributed by atoms with Crippen LogP contribution in [0, 0.1) is 0 Å². The standard InChI is InChI=1S/C13H9ClF3NO/c14-11-5-8(7-19)6-18-12(11)9-3-1-2-4-10(9)13(15,16)17/h1-6,19H,7H2. The summed E-state index contributed by atoms with van der Waals surface area (Å²) in [4.78, 5) is 3.90. The smallest absolute Gasteiger partial charge is 0.392 e. The molecule has 2 nitrogen and oxygen atoms in total. The minimum absolute atomic E-state index is 0.0480. The van der Waals surface area contributed by atoms with E-state index in [1.807, 2.05) is 0 Å². The molecule has 1 N–H and O–H groups in total. The first-order chi connectivity index (χ1) is 8.93. The Hall–Kier alpha value is -1.59. The highest BCUT2D eigenvalue weighted by Crippen LogP contribution is 2.38. The number of aliphatic hydroxyl groups is 1. The molecule has 0 amide bonds. The fourth-order valence-corrected chi connectivity index (χ4v) is 1.99. The molecule has 0 saturated heterocycles. The first-order valence-electron chi connectivity index (χ1n) is 5.35. The normalized spacial score (nSPS) is 11.6. The molecule has 1 aromatic heterocycles. The Morgan fingerprint density at radius 2 is 1.89 bits per heavy atom. The predicted octanol–water partition coefficient (Wildman–Crippen LogP) is 3.91. The van der Waals surface area contributed by atoms with Crippen molar-refractivity contribution in [2.24, 2.45) is 0 Å². The molecule has 6 heteroatoms. The summed E-state index contributed by atoms with van der Waals surface area (Å²) < 4.78 is 38.7. The minimum atomic E-state index is -4.47. The number of halogens is 4. The van der Waals surface area contributed by atoms with E-state index in [0.29, 0.717) is 5.56 Å². The summed E-state index contributed by atoms with van der Waals surface area (Å²) in [5, 5.41) is 9.00. The van der Waals surface area contributed by atoms with Crippen LogP contribution in [0.2, 0.25) is 5.02 Å². The highest BCUT2D eigenvalue weighted by atomic mass is 35.5. The highest BCUT2D eigenvalue weighted by molar-refractivity contribution is 6.33. The van der Waals surface area contributed by atoms with Crippen LogP contribution in [-0.2, 0) is 12.8 Å². The van der Waals surface area contributed by atoms with Crippen molar-refractivity contribution in [3.05, 3.63) is 52.7 Å². The molecule has 0 saturated carbocycles. The molecule has 2 aromatic rings. The summed E-state index contributed by atoms with van der Waals surface area (Å²) in [5.74, 6) is 0. The summed E-state index contributed by atoms with van der Waals surface area (Å²) >= 11 is 5.92. The van der Waals surface area contributed by atoms with Gasteiger partial charge in [0.2, 0.25) is 0 Å². The first kappa shape index (κ1) is 13.8. The zero-order valence-electron chi connectivity index (χ0n) is 9.58. The second kappa shape index (κ2) is 5.19. The maximum Gasteiger partial charge on any atom is 0.417 e. The van der Waals surface area contributed by atoms with Gasteiger partial charge in [0, 0.05) is 11.8 Å². The molecular formula is C13H9ClF3NO. The van der Waals surface area contributed by atoms with Crippen molar-refractivity contribution in [3.63, 3.8) is 0 Å². The maximum absolute atomic E-state index is 12.9. The highest BCUT2D eigenvalue weighted by Gasteiger charge is 2.34. The monoisotopic (exact) mass is 287 g/mol. The van der Waals surface area contributed by atoms with E-state index < -0.39 is 11.7 Å². The van der Waals surface area contributed by atoms with Crippen molar-refractivity contribution < 1.29 is 18.3 Å². The van der Waals surface area contributed by atoms with Crippen molar-refractivity contribution in [1.82, 2.24) is 4.98 Å². The molecule has 1 heterocycles. The van der Waals surface area contributed by atoms with Crippen LogP contribution in [0.25, 0.3) is 11.3 Å². The van der Waals surface area contributed by atoms with E-state index in [1.165, 1.54) is 30.5 Å². The number of aliphatic hydroxyl groups excluding tert-OH is 1. The molecule has 0 unspecified atom stereocenters. The lowest BCUT2D eigenvalue weighted by atomic mass is 10.0. The van der Waals surface area contributed by atoms with Crippen LogP contribution in [0.1, 0.15) is 11.1 Å². The zero-order valence-corrected chi connectivity index (χ0v) is 10.3. The van der Waals surface area contributed by atoms with Gasteiger partial charge in [-0.3, -0.25) is 4.98 Å². The van der Waals surface area contributed by atoms with Crippen LogP contribution in [0.3, 0.4) is 0 Å². The van der Waals surface area contributed by atoms with Crippen LogP contribution in [0.15, 0.2) is 36.5 Å². The van der Waals surface area contributed by atoms with Gasteiger partial charge in [0.25, 0.3) is 0 Å². The topological polar surface area (TPSA) is 33.1 Å². The second-order valence-corrected chi connectivity index (χ2v) is 4.28. The number of nitrogens with zero attached hydrogens (tertiary/aromatic N) is 1. The number of hydrogen-bond donors (Lipinski definition) is 1. The molecule has 19 heavy (non-hydrogen) atoms. The van der Waals surface area contributed by atoms with E-state index in [0.717, 1.165) is 6.07 Å². The Bertz CT molecular complexity index is 599. The average molecular weight is 288 g/mol.